The lowest BCUT2D eigenvalue weighted by Crippen LogP contribution is -2.21. The Morgan fingerprint density at radius 2 is 2.21 bits per heavy atom. The van der Waals surface area contributed by atoms with Crippen LogP contribution in [0.3, 0.4) is 0 Å². The summed E-state index contributed by atoms with van der Waals surface area (Å²) in [7, 11) is 0. The Morgan fingerprint density at radius 1 is 1.42 bits per heavy atom. The maximum atomic E-state index is 12.0. The molecule has 0 fully saturated rings. The average molecular weight is 344 g/mol. The van der Waals surface area contributed by atoms with Gasteiger partial charge in [-0.2, -0.15) is 0 Å². The Morgan fingerprint density at radius 3 is 2.96 bits per heavy atom. The number of hydrogen-bond acceptors (Lipinski definition) is 6. The van der Waals surface area contributed by atoms with Gasteiger partial charge in [0.2, 0.25) is 0 Å². The quantitative estimate of drug-likeness (QED) is 0.568. The Kier molecular flexibility index (Phi) is 4.41. The normalized spacial score (nSPS) is 12.4. The Labute approximate surface area is 141 Å². The number of nitro groups is 1. The third-order valence-corrected chi connectivity index (χ3v) is 4.63. The lowest BCUT2D eigenvalue weighted by Gasteiger charge is -2.14. The molecule has 124 valence electrons. The van der Waals surface area contributed by atoms with Crippen LogP contribution >= 0.6 is 11.3 Å². The molecule has 0 saturated carbocycles. The van der Waals surface area contributed by atoms with Crippen molar-refractivity contribution in [3.63, 3.8) is 0 Å². The SMILES string of the molecule is Cc1ccc([C@H](C)NCc2cc(=O)n3ccsc3n2)cc1[N+](=O)[O-]. The Hall–Kier alpha value is -2.58. The van der Waals surface area contributed by atoms with E-state index in [-0.39, 0.29) is 22.2 Å². The highest BCUT2D eigenvalue weighted by molar-refractivity contribution is 7.15. The summed E-state index contributed by atoms with van der Waals surface area (Å²) in [5, 5.41) is 16.1. The van der Waals surface area contributed by atoms with Gasteiger partial charge >= 0.3 is 0 Å². The molecule has 8 heteroatoms. The summed E-state index contributed by atoms with van der Waals surface area (Å²) in [5.74, 6) is 0. The van der Waals surface area contributed by atoms with Crippen LogP contribution in [0.15, 0.2) is 40.6 Å². The van der Waals surface area contributed by atoms with Crippen LogP contribution in [0, 0.1) is 17.0 Å². The third kappa shape index (κ3) is 3.19. The first-order valence-corrected chi connectivity index (χ1v) is 8.28. The number of rotatable bonds is 5. The molecule has 24 heavy (non-hydrogen) atoms. The fourth-order valence-corrected chi connectivity index (χ4v) is 3.19. The minimum Gasteiger partial charge on any atom is -0.305 e. The number of hydrogen-bond donors (Lipinski definition) is 1. The molecule has 0 bridgehead atoms. The Balaban J connectivity index is 1.77. The van der Waals surface area contributed by atoms with E-state index in [9.17, 15) is 14.9 Å². The van der Waals surface area contributed by atoms with Crippen molar-refractivity contribution in [1.29, 1.82) is 0 Å². The van der Waals surface area contributed by atoms with Gasteiger partial charge in [-0.25, -0.2) is 4.98 Å². The number of nitrogens with one attached hydrogen (secondary N) is 1. The van der Waals surface area contributed by atoms with Gasteiger partial charge < -0.3 is 5.32 Å². The van der Waals surface area contributed by atoms with E-state index in [4.69, 9.17) is 0 Å². The molecular weight excluding hydrogens is 328 g/mol. The highest BCUT2D eigenvalue weighted by Gasteiger charge is 2.14. The van der Waals surface area contributed by atoms with Gasteiger partial charge in [0.05, 0.1) is 10.6 Å². The van der Waals surface area contributed by atoms with Gasteiger partial charge in [-0.15, -0.1) is 11.3 Å². The van der Waals surface area contributed by atoms with Gasteiger partial charge in [0.1, 0.15) is 0 Å². The number of fused-ring (bicyclic) bond motifs is 1. The molecule has 7 nitrogen and oxygen atoms in total. The minimum absolute atomic E-state index is 0.104. The smallest absolute Gasteiger partial charge is 0.272 e. The summed E-state index contributed by atoms with van der Waals surface area (Å²) in [6.07, 6.45) is 1.70. The van der Waals surface area contributed by atoms with Crippen LogP contribution in [0.5, 0.6) is 0 Å². The molecule has 0 saturated heterocycles. The summed E-state index contributed by atoms with van der Waals surface area (Å²) in [5.41, 5.74) is 2.10. The fraction of sp³-hybridized carbons (Fsp3) is 0.250. The van der Waals surface area contributed by atoms with Crippen LogP contribution < -0.4 is 10.9 Å². The van der Waals surface area contributed by atoms with Crippen LogP contribution in [-0.2, 0) is 6.54 Å². The van der Waals surface area contributed by atoms with Crippen molar-refractivity contribution in [2.75, 3.05) is 0 Å². The molecular formula is C16H16N4O3S. The molecule has 0 amide bonds. The predicted octanol–water partition coefficient (Wildman–Crippen LogP) is 2.82. The van der Waals surface area contributed by atoms with E-state index in [1.165, 1.54) is 21.8 Å². The number of nitro benzene ring substituents is 1. The summed E-state index contributed by atoms with van der Waals surface area (Å²) in [6, 6.07) is 6.58. The predicted molar refractivity (Wildman–Crippen MR) is 92.4 cm³/mol. The van der Waals surface area contributed by atoms with E-state index in [0.717, 1.165) is 5.56 Å². The van der Waals surface area contributed by atoms with Crippen molar-refractivity contribution < 1.29 is 4.92 Å². The largest absolute Gasteiger partial charge is 0.305 e. The van der Waals surface area contributed by atoms with Crippen LogP contribution in [0.4, 0.5) is 5.69 Å². The number of aryl methyl sites for hydroxylation is 1. The first-order chi connectivity index (χ1) is 11.5. The second-order valence-corrected chi connectivity index (χ2v) is 6.42. The van der Waals surface area contributed by atoms with E-state index in [0.29, 0.717) is 22.8 Å². The average Bonchev–Trinajstić information content (AvgIpc) is 3.02. The zero-order chi connectivity index (χ0) is 17.3. The second-order valence-electron chi connectivity index (χ2n) is 5.55. The molecule has 3 rings (SSSR count). The first-order valence-electron chi connectivity index (χ1n) is 7.40. The number of thiazole rings is 1. The van der Waals surface area contributed by atoms with Crippen LogP contribution in [0.25, 0.3) is 4.96 Å². The molecule has 1 atom stereocenters. The van der Waals surface area contributed by atoms with Crippen molar-refractivity contribution in [3.8, 4) is 0 Å². The maximum Gasteiger partial charge on any atom is 0.272 e. The molecule has 3 aromatic rings. The van der Waals surface area contributed by atoms with E-state index < -0.39 is 0 Å². The zero-order valence-electron chi connectivity index (χ0n) is 13.2. The van der Waals surface area contributed by atoms with Crippen molar-refractivity contribution in [2.45, 2.75) is 26.4 Å². The van der Waals surface area contributed by atoms with Crippen LogP contribution in [0.1, 0.15) is 29.8 Å². The molecule has 2 heterocycles. The zero-order valence-corrected chi connectivity index (χ0v) is 14.0. The van der Waals surface area contributed by atoms with Crippen molar-refractivity contribution in [2.24, 2.45) is 0 Å². The van der Waals surface area contributed by atoms with Gasteiger partial charge in [-0.3, -0.25) is 19.3 Å². The molecule has 1 aromatic carbocycles. The maximum absolute atomic E-state index is 12.0. The molecule has 0 unspecified atom stereocenters. The monoisotopic (exact) mass is 344 g/mol. The molecule has 0 radical (unpaired) electrons. The van der Waals surface area contributed by atoms with Gasteiger partial charge in [0.25, 0.3) is 11.2 Å². The summed E-state index contributed by atoms with van der Waals surface area (Å²) < 4.78 is 1.50. The van der Waals surface area contributed by atoms with Crippen molar-refractivity contribution in [3.05, 3.63) is 73.1 Å². The lowest BCUT2D eigenvalue weighted by molar-refractivity contribution is -0.385. The molecule has 0 spiro atoms. The van der Waals surface area contributed by atoms with Crippen molar-refractivity contribution >= 4 is 22.0 Å². The van der Waals surface area contributed by atoms with Gasteiger partial charge in [0.15, 0.2) is 4.96 Å². The fourth-order valence-electron chi connectivity index (χ4n) is 2.45. The first kappa shape index (κ1) is 16.3. The number of aromatic nitrogens is 2. The topological polar surface area (TPSA) is 89.5 Å². The molecule has 0 aliphatic carbocycles. The second kappa shape index (κ2) is 6.50. The molecule has 0 aliphatic heterocycles. The lowest BCUT2D eigenvalue weighted by atomic mass is 10.0. The Bertz CT molecular complexity index is 963. The van der Waals surface area contributed by atoms with E-state index in [2.05, 4.69) is 10.3 Å². The van der Waals surface area contributed by atoms with E-state index in [1.807, 2.05) is 18.4 Å². The number of nitrogens with zero attached hydrogens (tertiary/aromatic N) is 3. The molecule has 0 aliphatic rings. The van der Waals surface area contributed by atoms with Gasteiger partial charge in [0, 0.05) is 41.9 Å². The highest BCUT2D eigenvalue weighted by Crippen LogP contribution is 2.23. The molecule has 2 aromatic heterocycles. The van der Waals surface area contributed by atoms with E-state index in [1.54, 1.807) is 25.3 Å². The molecule has 1 N–H and O–H groups in total. The van der Waals surface area contributed by atoms with Crippen LogP contribution in [0.2, 0.25) is 0 Å². The third-order valence-electron chi connectivity index (χ3n) is 3.88. The summed E-state index contributed by atoms with van der Waals surface area (Å²) >= 11 is 1.40. The van der Waals surface area contributed by atoms with Gasteiger partial charge in [-0.05, 0) is 19.4 Å². The summed E-state index contributed by atoms with van der Waals surface area (Å²) in [4.78, 5) is 27.7. The highest BCUT2D eigenvalue weighted by atomic mass is 32.1. The van der Waals surface area contributed by atoms with E-state index >= 15 is 0 Å². The van der Waals surface area contributed by atoms with Crippen molar-refractivity contribution in [1.82, 2.24) is 14.7 Å². The number of benzene rings is 1. The minimum atomic E-state index is -0.376. The summed E-state index contributed by atoms with van der Waals surface area (Å²) in [6.45, 7) is 4.05. The van der Waals surface area contributed by atoms with Crippen LogP contribution in [-0.4, -0.2) is 14.3 Å². The standard InChI is InChI=1S/C16H16N4O3S/c1-10-3-4-12(7-14(10)20(22)23)11(2)17-9-13-8-15(21)19-5-6-24-16(19)18-13/h3-8,11,17H,9H2,1-2H3/t11-/m0/s1. The van der Waals surface area contributed by atoms with Gasteiger partial charge in [-0.1, -0.05) is 12.1 Å².